The maximum absolute atomic E-state index is 10.5. The van der Waals surface area contributed by atoms with Crippen molar-refractivity contribution in [1.82, 2.24) is 25.1 Å². The number of rotatable bonds is 2. The molecule has 1 spiro atoms. The molecular formula is C23H21N5O. The van der Waals surface area contributed by atoms with Crippen LogP contribution in [0.5, 0.6) is 5.75 Å². The number of fused-ring (bicyclic) bond motifs is 2. The lowest BCUT2D eigenvalue weighted by molar-refractivity contribution is 0.478. The summed E-state index contributed by atoms with van der Waals surface area (Å²) in [7, 11) is 1.87. The molecule has 4 heterocycles. The smallest absolute Gasteiger partial charge is 0.127 e. The summed E-state index contributed by atoms with van der Waals surface area (Å²) in [6.45, 7) is 1.01. The number of hydrogen-bond acceptors (Lipinski definition) is 5. The minimum absolute atomic E-state index is 0.183. The van der Waals surface area contributed by atoms with Gasteiger partial charge in [0.25, 0.3) is 0 Å². The van der Waals surface area contributed by atoms with E-state index in [0.717, 1.165) is 46.3 Å². The Morgan fingerprint density at radius 1 is 1.00 bits per heavy atom. The fourth-order valence-corrected chi connectivity index (χ4v) is 4.29. The van der Waals surface area contributed by atoms with Crippen LogP contribution in [0.25, 0.3) is 38.8 Å². The van der Waals surface area contributed by atoms with Crippen molar-refractivity contribution in [3.05, 3.63) is 54.4 Å². The van der Waals surface area contributed by atoms with Crippen molar-refractivity contribution in [3.8, 4) is 17.0 Å². The number of phenolic OH excluding ortho intramolecular Hbond substituents is 1. The second-order valence-corrected chi connectivity index (χ2v) is 8.16. The predicted octanol–water partition coefficient (Wildman–Crippen LogP) is 3.80. The molecule has 1 fully saturated rings. The number of hydrogen-bond donors (Lipinski definition) is 2. The van der Waals surface area contributed by atoms with E-state index in [1.54, 1.807) is 10.7 Å². The van der Waals surface area contributed by atoms with Crippen molar-refractivity contribution in [2.45, 2.75) is 24.8 Å². The summed E-state index contributed by atoms with van der Waals surface area (Å²) in [5.74, 6) is 0.183. The molecule has 2 N–H and O–H groups in total. The van der Waals surface area contributed by atoms with Crippen LogP contribution in [0, 0.1) is 0 Å². The van der Waals surface area contributed by atoms with Crippen LogP contribution in [0.3, 0.4) is 0 Å². The van der Waals surface area contributed by atoms with E-state index in [2.05, 4.69) is 22.6 Å². The van der Waals surface area contributed by atoms with Crippen LogP contribution in [0.1, 0.15) is 25.0 Å². The molecule has 1 aliphatic carbocycles. The minimum atomic E-state index is 0.183. The van der Waals surface area contributed by atoms with Gasteiger partial charge in [-0.15, -0.1) is 0 Å². The van der Waals surface area contributed by atoms with Gasteiger partial charge < -0.3 is 10.4 Å². The first kappa shape index (κ1) is 16.7. The quantitative estimate of drug-likeness (QED) is 0.551. The van der Waals surface area contributed by atoms with Crippen molar-refractivity contribution in [2.24, 2.45) is 7.05 Å². The van der Waals surface area contributed by atoms with E-state index in [-0.39, 0.29) is 11.3 Å². The molecule has 0 atom stereocenters. The second kappa shape index (κ2) is 5.87. The van der Waals surface area contributed by atoms with Crippen molar-refractivity contribution in [2.75, 3.05) is 6.54 Å². The van der Waals surface area contributed by atoms with Crippen molar-refractivity contribution < 1.29 is 5.11 Å². The monoisotopic (exact) mass is 383 g/mol. The van der Waals surface area contributed by atoms with Gasteiger partial charge in [0.1, 0.15) is 5.75 Å². The van der Waals surface area contributed by atoms with E-state index in [4.69, 9.17) is 9.97 Å². The molecule has 6 nitrogen and oxygen atoms in total. The highest BCUT2D eigenvalue weighted by atomic mass is 16.3. The lowest BCUT2D eigenvalue weighted by atomic mass is 9.99. The number of aromatic nitrogens is 4. The molecule has 0 amide bonds. The number of benzene rings is 1. The first-order valence-electron chi connectivity index (χ1n) is 10.0. The largest absolute Gasteiger partial charge is 0.507 e. The molecule has 0 bridgehead atoms. The molecule has 6 heteroatoms. The van der Waals surface area contributed by atoms with Gasteiger partial charge in [0.05, 0.1) is 27.9 Å². The van der Waals surface area contributed by atoms with E-state index in [1.807, 2.05) is 37.5 Å². The summed E-state index contributed by atoms with van der Waals surface area (Å²) in [5, 5.41) is 19.4. The van der Waals surface area contributed by atoms with Crippen molar-refractivity contribution >= 4 is 27.5 Å². The molecule has 1 aliphatic heterocycles. The van der Waals surface area contributed by atoms with Gasteiger partial charge in [-0.1, -0.05) is 6.08 Å². The summed E-state index contributed by atoms with van der Waals surface area (Å²) in [4.78, 5) is 9.63. The van der Waals surface area contributed by atoms with Crippen LogP contribution in [0.15, 0.2) is 48.7 Å². The first-order valence-corrected chi connectivity index (χ1v) is 10.0. The summed E-state index contributed by atoms with van der Waals surface area (Å²) < 4.78 is 1.74. The Hall–Kier alpha value is -3.25. The third-order valence-electron chi connectivity index (χ3n) is 5.99. The standard InChI is InChI=1S/C23H21N5O/c1-28-13-15-10-16(22(29)11-21(15)27-28)18-3-5-19-20(26-18)4-2-17(25-19)14-6-9-24-23(12-14)7-8-23/h2-5,10-13,24,29H,6-9H2,1H3. The average Bonchev–Trinajstić information content (AvgIpc) is 3.36. The first-order chi connectivity index (χ1) is 14.1. The zero-order valence-electron chi connectivity index (χ0n) is 16.2. The Labute approximate surface area is 167 Å². The second-order valence-electron chi connectivity index (χ2n) is 8.16. The summed E-state index contributed by atoms with van der Waals surface area (Å²) in [6.07, 6.45) is 7.75. The van der Waals surface area contributed by atoms with Gasteiger partial charge in [0.2, 0.25) is 0 Å². The zero-order chi connectivity index (χ0) is 19.6. The SMILES string of the molecule is Cn1cc2cc(-c3ccc4nc(C5=CC6(CC6)NCC5)ccc4n3)c(O)cc2n1. The van der Waals surface area contributed by atoms with E-state index in [9.17, 15) is 5.11 Å². The number of aromatic hydroxyl groups is 1. The van der Waals surface area contributed by atoms with Gasteiger partial charge >= 0.3 is 0 Å². The van der Waals surface area contributed by atoms with Crippen LogP contribution >= 0.6 is 0 Å². The van der Waals surface area contributed by atoms with Gasteiger partial charge in [0, 0.05) is 42.3 Å². The lowest BCUT2D eigenvalue weighted by Crippen LogP contribution is -2.33. The van der Waals surface area contributed by atoms with Gasteiger partial charge in [-0.25, -0.2) is 9.97 Å². The maximum atomic E-state index is 10.5. The van der Waals surface area contributed by atoms with E-state index < -0.39 is 0 Å². The Bertz CT molecular complexity index is 1320. The third kappa shape index (κ3) is 2.79. The molecule has 144 valence electrons. The van der Waals surface area contributed by atoms with E-state index in [0.29, 0.717) is 5.56 Å². The van der Waals surface area contributed by atoms with E-state index >= 15 is 0 Å². The van der Waals surface area contributed by atoms with Crippen LogP contribution in [0.2, 0.25) is 0 Å². The molecule has 3 aromatic heterocycles. The average molecular weight is 383 g/mol. The molecule has 0 saturated heterocycles. The Morgan fingerprint density at radius 2 is 1.76 bits per heavy atom. The molecule has 4 aromatic rings. The molecule has 0 unspecified atom stereocenters. The van der Waals surface area contributed by atoms with Gasteiger partial charge in [0.15, 0.2) is 0 Å². The number of aryl methyl sites for hydroxylation is 1. The van der Waals surface area contributed by atoms with Crippen LogP contribution in [-0.2, 0) is 7.05 Å². The number of nitrogens with zero attached hydrogens (tertiary/aromatic N) is 4. The highest BCUT2D eigenvalue weighted by molar-refractivity contribution is 5.88. The fraction of sp³-hybridized carbons (Fsp3) is 0.261. The highest BCUT2D eigenvalue weighted by Gasteiger charge is 2.42. The third-order valence-corrected chi connectivity index (χ3v) is 5.99. The molecule has 1 aromatic carbocycles. The molecule has 6 rings (SSSR count). The normalized spacial score (nSPS) is 17.8. The Balaban J connectivity index is 1.41. The van der Waals surface area contributed by atoms with Gasteiger partial charge in [-0.2, -0.15) is 5.10 Å². The molecule has 29 heavy (non-hydrogen) atoms. The summed E-state index contributed by atoms with van der Waals surface area (Å²) >= 11 is 0. The fourth-order valence-electron chi connectivity index (χ4n) is 4.29. The highest BCUT2D eigenvalue weighted by Crippen LogP contribution is 2.42. The zero-order valence-corrected chi connectivity index (χ0v) is 16.2. The van der Waals surface area contributed by atoms with Gasteiger partial charge in [-0.3, -0.25) is 4.68 Å². The van der Waals surface area contributed by atoms with Crippen molar-refractivity contribution in [3.63, 3.8) is 0 Å². The van der Waals surface area contributed by atoms with Crippen LogP contribution in [-0.4, -0.2) is 36.9 Å². The number of nitrogens with one attached hydrogen (secondary N) is 1. The van der Waals surface area contributed by atoms with E-state index in [1.165, 1.54) is 18.4 Å². The number of phenols is 1. The van der Waals surface area contributed by atoms with Crippen LogP contribution < -0.4 is 5.32 Å². The molecule has 1 saturated carbocycles. The molecule has 2 aliphatic rings. The lowest BCUT2D eigenvalue weighted by Gasteiger charge is -2.22. The maximum Gasteiger partial charge on any atom is 0.127 e. The Morgan fingerprint density at radius 3 is 2.55 bits per heavy atom. The minimum Gasteiger partial charge on any atom is -0.507 e. The summed E-state index contributed by atoms with van der Waals surface area (Å²) in [5.41, 5.74) is 6.50. The van der Waals surface area contributed by atoms with Gasteiger partial charge in [-0.05, 0) is 55.2 Å². The van der Waals surface area contributed by atoms with Crippen molar-refractivity contribution in [1.29, 1.82) is 0 Å². The van der Waals surface area contributed by atoms with Crippen LogP contribution in [0.4, 0.5) is 0 Å². The Kier molecular flexibility index (Phi) is 3.38. The molecular weight excluding hydrogens is 362 g/mol. The topological polar surface area (TPSA) is 75.9 Å². The molecule has 0 radical (unpaired) electrons. The summed E-state index contributed by atoms with van der Waals surface area (Å²) in [6, 6.07) is 11.6. The number of pyridine rings is 2. The predicted molar refractivity (Wildman–Crippen MR) is 113 cm³/mol.